The average Bonchev–Trinajstić information content (AvgIpc) is 3.14. The van der Waals surface area contributed by atoms with Gasteiger partial charge in [0.05, 0.1) is 13.2 Å². The van der Waals surface area contributed by atoms with Crippen LogP contribution < -0.4 is 5.73 Å². The van der Waals surface area contributed by atoms with Gasteiger partial charge in [-0.1, -0.05) is 137 Å². The van der Waals surface area contributed by atoms with Crippen molar-refractivity contribution in [3.8, 4) is 0 Å². The Morgan fingerprint density at radius 1 is 0.604 bits per heavy atom. The summed E-state index contributed by atoms with van der Waals surface area (Å²) in [5, 5.41) is 0. The standard InChI is InChI=1S/C43H72NO8P/c1-3-5-7-9-11-13-15-17-19-20-22-23-25-27-29-31-33-35-42(45)49-39-41(40-51-53(47,48)50-38-37-44)52-43(46)36-34-32-30-28-26-24-21-18-16-14-12-10-8-6-4-2/h5,7,11,13-14,16-19,21-23,27,29,41H,3-4,6,8-10,12,15,20,24-26,28,30-40,44H2,1-2H3,(H,47,48)/b7-5+,13-11+,16-14+,19-17+,21-18+,23-22+,29-27+/t41-/m1/s1. The van der Waals surface area contributed by atoms with E-state index in [1.807, 2.05) is 6.08 Å². The average molecular weight is 762 g/mol. The zero-order valence-electron chi connectivity index (χ0n) is 33.0. The molecule has 1 unspecified atom stereocenters. The van der Waals surface area contributed by atoms with Gasteiger partial charge in [0, 0.05) is 19.4 Å². The van der Waals surface area contributed by atoms with E-state index in [0.717, 1.165) is 77.0 Å². The Morgan fingerprint density at radius 3 is 1.70 bits per heavy atom. The Balaban J connectivity index is 4.35. The number of phosphoric acid groups is 1. The first-order chi connectivity index (χ1) is 25.8. The summed E-state index contributed by atoms with van der Waals surface area (Å²) in [6.45, 7) is 3.48. The maximum atomic E-state index is 12.5. The first-order valence-electron chi connectivity index (χ1n) is 20.1. The predicted octanol–water partition coefficient (Wildman–Crippen LogP) is 11.3. The first-order valence-corrected chi connectivity index (χ1v) is 21.6. The number of rotatable bonds is 36. The summed E-state index contributed by atoms with van der Waals surface area (Å²) in [4.78, 5) is 34.8. The highest BCUT2D eigenvalue weighted by Crippen LogP contribution is 2.43. The fraction of sp³-hybridized carbons (Fsp3) is 0.628. The van der Waals surface area contributed by atoms with Gasteiger partial charge in [0.2, 0.25) is 0 Å². The molecule has 0 rings (SSSR count). The number of hydrogen-bond donors (Lipinski definition) is 2. The van der Waals surface area contributed by atoms with Crippen molar-refractivity contribution in [3.63, 3.8) is 0 Å². The first kappa shape index (κ1) is 50.2. The van der Waals surface area contributed by atoms with Crippen LogP contribution in [0.2, 0.25) is 0 Å². The summed E-state index contributed by atoms with van der Waals surface area (Å²) in [5.41, 5.74) is 5.33. The second kappa shape index (κ2) is 38.9. The zero-order valence-corrected chi connectivity index (χ0v) is 33.9. The van der Waals surface area contributed by atoms with E-state index in [4.69, 9.17) is 24.3 Å². The van der Waals surface area contributed by atoms with Gasteiger partial charge in [-0.2, -0.15) is 0 Å². The summed E-state index contributed by atoms with van der Waals surface area (Å²) in [7, 11) is -4.40. The highest BCUT2D eigenvalue weighted by molar-refractivity contribution is 7.47. The van der Waals surface area contributed by atoms with Crippen LogP contribution in [0.3, 0.4) is 0 Å². The van der Waals surface area contributed by atoms with Crippen molar-refractivity contribution in [2.75, 3.05) is 26.4 Å². The van der Waals surface area contributed by atoms with Crippen molar-refractivity contribution in [2.24, 2.45) is 5.73 Å². The number of nitrogens with two attached hydrogens (primary N) is 1. The maximum Gasteiger partial charge on any atom is 0.472 e. The molecular formula is C43H72NO8P. The Kier molecular flexibility index (Phi) is 36.8. The van der Waals surface area contributed by atoms with Crippen LogP contribution in [0.25, 0.3) is 0 Å². The van der Waals surface area contributed by atoms with Gasteiger partial charge >= 0.3 is 19.8 Å². The van der Waals surface area contributed by atoms with Gasteiger partial charge in [0.1, 0.15) is 6.61 Å². The van der Waals surface area contributed by atoms with Crippen molar-refractivity contribution in [2.45, 2.75) is 148 Å². The van der Waals surface area contributed by atoms with Crippen LogP contribution in [0.15, 0.2) is 85.1 Å². The highest BCUT2D eigenvalue weighted by Gasteiger charge is 2.25. The fourth-order valence-electron chi connectivity index (χ4n) is 4.83. The van der Waals surface area contributed by atoms with E-state index in [1.165, 1.54) is 25.7 Å². The Morgan fingerprint density at radius 2 is 1.11 bits per heavy atom. The van der Waals surface area contributed by atoms with Gasteiger partial charge in [-0.15, -0.1) is 0 Å². The van der Waals surface area contributed by atoms with E-state index in [-0.39, 0.29) is 32.6 Å². The molecule has 0 aromatic heterocycles. The molecule has 0 saturated heterocycles. The molecule has 3 N–H and O–H groups in total. The number of unbranched alkanes of at least 4 members (excludes halogenated alkanes) is 10. The van der Waals surface area contributed by atoms with Crippen LogP contribution in [0.5, 0.6) is 0 Å². The number of carbonyl (C=O) groups is 2. The number of allylic oxidation sites excluding steroid dienone is 14. The van der Waals surface area contributed by atoms with Gasteiger partial charge in [-0.3, -0.25) is 18.6 Å². The summed E-state index contributed by atoms with van der Waals surface area (Å²) in [5.74, 6) is -0.925. The molecule has 0 heterocycles. The van der Waals surface area contributed by atoms with Crippen molar-refractivity contribution in [1.29, 1.82) is 0 Å². The monoisotopic (exact) mass is 761 g/mol. The Bertz CT molecular complexity index is 1140. The van der Waals surface area contributed by atoms with Crippen molar-refractivity contribution < 1.29 is 37.6 Å². The van der Waals surface area contributed by atoms with Crippen LogP contribution in [-0.4, -0.2) is 49.3 Å². The molecule has 10 heteroatoms. The lowest BCUT2D eigenvalue weighted by atomic mass is 10.1. The van der Waals surface area contributed by atoms with Crippen LogP contribution >= 0.6 is 7.82 Å². The highest BCUT2D eigenvalue weighted by atomic mass is 31.2. The minimum Gasteiger partial charge on any atom is -0.462 e. The van der Waals surface area contributed by atoms with E-state index in [2.05, 4.69) is 92.8 Å². The van der Waals surface area contributed by atoms with E-state index < -0.39 is 32.5 Å². The molecule has 0 bridgehead atoms. The zero-order chi connectivity index (χ0) is 38.9. The third kappa shape index (κ3) is 38.7. The quantitative estimate of drug-likeness (QED) is 0.0210. The molecule has 0 spiro atoms. The molecule has 9 nitrogen and oxygen atoms in total. The summed E-state index contributed by atoms with van der Waals surface area (Å²) >= 11 is 0. The topological polar surface area (TPSA) is 134 Å². The van der Waals surface area contributed by atoms with Gasteiger partial charge in [-0.05, 0) is 77.0 Å². The molecule has 2 atom stereocenters. The van der Waals surface area contributed by atoms with Crippen LogP contribution in [0, 0.1) is 0 Å². The Hall–Kier alpha value is -2.81. The number of carbonyl (C=O) groups excluding carboxylic acids is 2. The van der Waals surface area contributed by atoms with Gasteiger partial charge < -0.3 is 20.1 Å². The fourth-order valence-corrected chi connectivity index (χ4v) is 5.60. The van der Waals surface area contributed by atoms with Gasteiger partial charge in [0.25, 0.3) is 0 Å². The number of hydrogen-bond acceptors (Lipinski definition) is 8. The molecule has 0 aliphatic rings. The third-order valence-electron chi connectivity index (χ3n) is 7.79. The molecule has 0 aromatic carbocycles. The molecular weight excluding hydrogens is 689 g/mol. The number of phosphoric ester groups is 1. The van der Waals surface area contributed by atoms with Crippen LogP contribution in [-0.2, 0) is 32.7 Å². The van der Waals surface area contributed by atoms with E-state index in [0.29, 0.717) is 12.8 Å². The lowest BCUT2D eigenvalue weighted by Gasteiger charge is -2.19. The number of ether oxygens (including phenoxy) is 2. The summed E-state index contributed by atoms with van der Waals surface area (Å²) < 4.78 is 32.6. The van der Waals surface area contributed by atoms with Gasteiger partial charge in [-0.25, -0.2) is 4.57 Å². The van der Waals surface area contributed by atoms with Gasteiger partial charge in [0.15, 0.2) is 6.10 Å². The lowest BCUT2D eigenvalue weighted by Crippen LogP contribution is -2.29. The van der Waals surface area contributed by atoms with Crippen molar-refractivity contribution >= 4 is 19.8 Å². The minimum absolute atomic E-state index is 0.0386. The van der Waals surface area contributed by atoms with E-state index in [9.17, 15) is 19.0 Å². The summed E-state index contributed by atoms with van der Waals surface area (Å²) in [6, 6.07) is 0. The third-order valence-corrected chi connectivity index (χ3v) is 8.78. The predicted molar refractivity (Wildman–Crippen MR) is 219 cm³/mol. The summed E-state index contributed by atoms with van der Waals surface area (Å²) in [6.07, 6.45) is 47.6. The smallest absolute Gasteiger partial charge is 0.462 e. The molecule has 0 saturated carbocycles. The van der Waals surface area contributed by atoms with E-state index in [1.54, 1.807) is 0 Å². The minimum atomic E-state index is -4.40. The SMILES string of the molecule is CC/C=C/C/C=C/C/C=C/C/C=C/C/C=C/CCCC(=O)OC[C@H](COP(=O)(O)OCCN)OC(=O)CCCCCCC/C=C/C=C/CCCCCC. The van der Waals surface area contributed by atoms with Crippen molar-refractivity contribution in [1.82, 2.24) is 0 Å². The molecule has 0 aliphatic carbocycles. The molecule has 53 heavy (non-hydrogen) atoms. The molecule has 0 radical (unpaired) electrons. The second-order valence-electron chi connectivity index (χ2n) is 12.8. The molecule has 302 valence electrons. The van der Waals surface area contributed by atoms with E-state index >= 15 is 0 Å². The lowest BCUT2D eigenvalue weighted by molar-refractivity contribution is -0.161. The largest absolute Gasteiger partial charge is 0.472 e. The van der Waals surface area contributed by atoms with Crippen molar-refractivity contribution in [3.05, 3.63) is 85.1 Å². The molecule has 0 aliphatic heterocycles. The molecule has 0 amide bonds. The molecule has 0 aromatic rings. The Labute approximate surface area is 322 Å². The maximum absolute atomic E-state index is 12.5. The van der Waals surface area contributed by atoms with Crippen LogP contribution in [0.1, 0.15) is 142 Å². The van der Waals surface area contributed by atoms with Crippen LogP contribution in [0.4, 0.5) is 0 Å². The normalized spacial score (nSPS) is 14.3. The molecule has 0 fully saturated rings. The second-order valence-corrected chi connectivity index (χ2v) is 14.2. The number of esters is 2.